The summed E-state index contributed by atoms with van der Waals surface area (Å²) in [5.41, 5.74) is 2.66. The number of aromatic hydroxyl groups is 1. The molecule has 4 aromatic rings. The van der Waals surface area contributed by atoms with E-state index in [-0.39, 0.29) is 17.7 Å². The lowest BCUT2D eigenvalue weighted by molar-refractivity contribution is 0.0951. The lowest BCUT2D eigenvalue weighted by atomic mass is 10.1. The highest BCUT2D eigenvalue weighted by atomic mass is 32.1. The highest BCUT2D eigenvalue weighted by molar-refractivity contribution is 7.17. The topological polar surface area (TPSA) is 100 Å². The highest BCUT2D eigenvalue weighted by Crippen LogP contribution is 2.25. The molecule has 0 bridgehead atoms. The Labute approximate surface area is 195 Å². The Kier molecular flexibility index (Phi) is 8.26. The molecule has 4 rings (SSSR count). The van der Waals surface area contributed by atoms with E-state index >= 15 is 0 Å². The summed E-state index contributed by atoms with van der Waals surface area (Å²) in [6.07, 6.45) is 2.03. The Bertz CT molecular complexity index is 1210. The van der Waals surface area contributed by atoms with Gasteiger partial charge in [0.25, 0.3) is 5.91 Å². The van der Waals surface area contributed by atoms with E-state index in [9.17, 15) is 14.3 Å². The standard InChI is InChI=1S/C22H20FN5O2S.C2H6/c1-13(15-7-10-24-18(23)12-15)26-22-27-17-8-11-31-20(17)19(28-22)21(30)25-9-6-14-2-4-16(29)5-3-14;1-2/h2-5,7-8,10-13,29H,6,9H2,1H3,(H,25,30)(H,26,27,28);1-2H3. The number of hydrogen-bond acceptors (Lipinski definition) is 7. The van der Waals surface area contributed by atoms with Crippen LogP contribution < -0.4 is 10.6 Å². The molecule has 0 fully saturated rings. The van der Waals surface area contributed by atoms with Crippen LogP contribution in [-0.2, 0) is 6.42 Å². The third kappa shape index (κ3) is 6.23. The first-order chi connectivity index (χ1) is 16.0. The lowest BCUT2D eigenvalue weighted by Crippen LogP contribution is -2.27. The zero-order valence-corrected chi connectivity index (χ0v) is 19.5. The molecule has 1 unspecified atom stereocenters. The number of phenols is 1. The smallest absolute Gasteiger partial charge is 0.271 e. The summed E-state index contributed by atoms with van der Waals surface area (Å²) in [6.45, 7) is 6.28. The maximum Gasteiger partial charge on any atom is 0.271 e. The summed E-state index contributed by atoms with van der Waals surface area (Å²) in [5.74, 6) is -0.356. The minimum Gasteiger partial charge on any atom is -0.508 e. The van der Waals surface area contributed by atoms with Gasteiger partial charge >= 0.3 is 0 Å². The van der Waals surface area contributed by atoms with Gasteiger partial charge in [-0.25, -0.2) is 15.0 Å². The molecule has 1 atom stereocenters. The first kappa shape index (κ1) is 24.1. The lowest BCUT2D eigenvalue weighted by Gasteiger charge is -2.15. The van der Waals surface area contributed by atoms with E-state index in [0.29, 0.717) is 40.4 Å². The van der Waals surface area contributed by atoms with Crippen molar-refractivity contribution in [3.63, 3.8) is 0 Å². The molecule has 0 aliphatic rings. The number of nitrogens with zero attached hydrogens (tertiary/aromatic N) is 3. The number of fused-ring (bicyclic) bond motifs is 1. The number of carbonyl (C=O) groups is 1. The van der Waals surface area contributed by atoms with Crippen LogP contribution in [0.25, 0.3) is 10.2 Å². The van der Waals surface area contributed by atoms with Crippen molar-refractivity contribution in [3.8, 4) is 5.75 Å². The number of rotatable bonds is 7. The van der Waals surface area contributed by atoms with Gasteiger partial charge in [-0.1, -0.05) is 26.0 Å². The number of anilines is 1. The molecule has 172 valence electrons. The van der Waals surface area contributed by atoms with Crippen LogP contribution in [0.3, 0.4) is 0 Å². The summed E-state index contributed by atoms with van der Waals surface area (Å²) in [5, 5.41) is 17.2. The number of hydrogen-bond donors (Lipinski definition) is 3. The number of halogens is 1. The number of carbonyl (C=O) groups excluding carboxylic acids is 1. The minimum absolute atomic E-state index is 0.206. The van der Waals surface area contributed by atoms with Gasteiger partial charge in [-0.2, -0.15) is 4.39 Å². The number of thiophene rings is 1. The summed E-state index contributed by atoms with van der Waals surface area (Å²) in [7, 11) is 0. The number of phenolic OH excluding ortho intramolecular Hbond substituents is 1. The van der Waals surface area contributed by atoms with Gasteiger partial charge in [0.05, 0.1) is 16.3 Å². The first-order valence-electron chi connectivity index (χ1n) is 10.7. The van der Waals surface area contributed by atoms with Gasteiger partial charge in [-0.15, -0.1) is 11.3 Å². The van der Waals surface area contributed by atoms with Crippen molar-refractivity contribution in [3.05, 3.63) is 76.8 Å². The Balaban J connectivity index is 0.00000149. The van der Waals surface area contributed by atoms with Crippen molar-refractivity contribution in [1.29, 1.82) is 0 Å². The van der Waals surface area contributed by atoms with Gasteiger partial charge in [0, 0.05) is 12.7 Å². The van der Waals surface area contributed by atoms with Crippen LogP contribution in [0.4, 0.5) is 10.3 Å². The summed E-state index contributed by atoms with van der Waals surface area (Å²) in [6, 6.07) is 11.5. The molecule has 9 heteroatoms. The Hall–Kier alpha value is -3.59. The molecule has 33 heavy (non-hydrogen) atoms. The summed E-state index contributed by atoms with van der Waals surface area (Å²) in [4.78, 5) is 25.3. The molecule has 0 saturated heterocycles. The van der Waals surface area contributed by atoms with Gasteiger partial charge in [-0.3, -0.25) is 4.79 Å². The average molecular weight is 468 g/mol. The van der Waals surface area contributed by atoms with Crippen molar-refractivity contribution in [2.75, 3.05) is 11.9 Å². The molecule has 0 saturated carbocycles. The molecule has 7 nitrogen and oxygen atoms in total. The maximum absolute atomic E-state index is 13.4. The Morgan fingerprint density at radius 3 is 2.64 bits per heavy atom. The molecule has 1 amide bonds. The van der Waals surface area contributed by atoms with E-state index in [1.165, 1.54) is 23.6 Å². The molecule has 3 aromatic heterocycles. The van der Waals surface area contributed by atoms with Crippen LogP contribution in [-0.4, -0.2) is 32.5 Å². The second-order valence-electron chi connectivity index (χ2n) is 6.98. The van der Waals surface area contributed by atoms with Crippen LogP contribution in [0.2, 0.25) is 0 Å². The number of benzene rings is 1. The van der Waals surface area contributed by atoms with E-state index in [0.717, 1.165) is 5.56 Å². The van der Waals surface area contributed by atoms with Gasteiger partial charge in [0.15, 0.2) is 5.69 Å². The molecular formula is C24H26FN5O2S. The fraction of sp³-hybridized carbons (Fsp3) is 0.250. The fourth-order valence-electron chi connectivity index (χ4n) is 3.11. The largest absolute Gasteiger partial charge is 0.508 e. The Morgan fingerprint density at radius 2 is 1.91 bits per heavy atom. The van der Waals surface area contributed by atoms with E-state index in [2.05, 4.69) is 25.6 Å². The van der Waals surface area contributed by atoms with Crippen molar-refractivity contribution in [2.45, 2.75) is 33.2 Å². The molecule has 1 aromatic carbocycles. The minimum atomic E-state index is -0.561. The second kappa shape index (κ2) is 11.3. The number of nitrogens with one attached hydrogen (secondary N) is 2. The zero-order chi connectivity index (χ0) is 23.8. The van der Waals surface area contributed by atoms with Crippen LogP contribution >= 0.6 is 11.3 Å². The second-order valence-corrected chi connectivity index (χ2v) is 7.90. The fourth-order valence-corrected chi connectivity index (χ4v) is 3.93. The van der Waals surface area contributed by atoms with Crippen LogP contribution in [0.5, 0.6) is 5.75 Å². The van der Waals surface area contributed by atoms with Crippen molar-refractivity contribution >= 4 is 33.4 Å². The van der Waals surface area contributed by atoms with Crippen LogP contribution in [0, 0.1) is 5.95 Å². The van der Waals surface area contributed by atoms with E-state index in [1.54, 1.807) is 18.2 Å². The van der Waals surface area contributed by atoms with Gasteiger partial charge in [0.2, 0.25) is 11.9 Å². The monoisotopic (exact) mass is 467 g/mol. The number of aromatic nitrogens is 3. The van der Waals surface area contributed by atoms with E-state index in [4.69, 9.17) is 0 Å². The summed E-state index contributed by atoms with van der Waals surface area (Å²) < 4.78 is 14.1. The normalized spacial score (nSPS) is 11.4. The summed E-state index contributed by atoms with van der Waals surface area (Å²) >= 11 is 1.40. The van der Waals surface area contributed by atoms with E-state index < -0.39 is 5.95 Å². The SMILES string of the molecule is CC.CC(Nc1nc(C(=O)NCCc2ccc(O)cc2)c2sccc2n1)c1ccnc(F)c1. The van der Waals surface area contributed by atoms with Crippen molar-refractivity contribution in [1.82, 2.24) is 20.3 Å². The van der Waals surface area contributed by atoms with E-state index in [1.807, 2.05) is 44.4 Å². The first-order valence-corrected chi connectivity index (χ1v) is 11.6. The number of amides is 1. The van der Waals surface area contributed by atoms with Crippen LogP contribution in [0.15, 0.2) is 54.0 Å². The molecule has 0 aliphatic heterocycles. The third-order valence-corrected chi connectivity index (χ3v) is 5.66. The van der Waals surface area contributed by atoms with Gasteiger partial charge < -0.3 is 15.7 Å². The molecule has 0 aliphatic carbocycles. The molecule has 3 N–H and O–H groups in total. The van der Waals surface area contributed by atoms with Gasteiger partial charge in [-0.05, 0) is 60.2 Å². The predicted molar refractivity (Wildman–Crippen MR) is 129 cm³/mol. The predicted octanol–water partition coefficient (Wildman–Crippen LogP) is 5.10. The quantitative estimate of drug-likeness (QED) is 0.327. The molecule has 0 spiro atoms. The van der Waals surface area contributed by atoms with Crippen molar-refractivity contribution < 1.29 is 14.3 Å². The maximum atomic E-state index is 13.4. The van der Waals surface area contributed by atoms with Gasteiger partial charge in [0.1, 0.15) is 5.75 Å². The third-order valence-electron chi connectivity index (χ3n) is 4.75. The van der Waals surface area contributed by atoms with Crippen molar-refractivity contribution in [2.24, 2.45) is 0 Å². The Morgan fingerprint density at radius 1 is 1.15 bits per heavy atom. The zero-order valence-electron chi connectivity index (χ0n) is 18.7. The van der Waals surface area contributed by atoms with Crippen LogP contribution in [0.1, 0.15) is 48.4 Å². The highest BCUT2D eigenvalue weighted by Gasteiger charge is 2.17. The molecule has 0 radical (unpaired) electrons. The molecular weight excluding hydrogens is 441 g/mol. The number of pyridine rings is 1. The molecule has 3 heterocycles. The average Bonchev–Trinajstić information content (AvgIpc) is 3.30.